The minimum atomic E-state index is 0.472. The highest BCUT2D eigenvalue weighted by molar-refractivity contribution is 5.83. The minimum absolute atomic E-state index is 0.472. The minimum Gasteiger partial charge on any atom is -0.497 e. The SMILES string of the molecule is COc1ccc(-c2cc3c(-c4ccnc(NC5CCCC5)n4)ccc(NC4CCCC4)n3n2)cc1. The molecule has 0 aliphatic heterocycles. The summed E-state index contributed by atoms with van der Waals surface area (Å²) in [7, 11) is 1.69. The quantitative estimate of drug-likeness (QED) is 0.337. The van der Waals surface area contributed by atoms with Crippen LogP contribution in [0.25, 0.3) is 28.0 Å². The van der Waals surface area contributed by atoms with Crippen LogP contribution < -0.4 is 15.4 Å². The summed E-state index contributed by atoms with van der Waals surface area (Å²) in [6.45, 7) is 0. The van der Waals surface area contributed by atoms with Crippen LogP contribution in [0.5, 0.6) is 5.75 Å². The van der Waals surface area contributed by atoms with Gasteiger partial charge in [0, 0.05) is 29.4 Å². The molecule has 2 N–H and O–H groups in total. The summed E-state index contributed by atoms with van der Waals surface area (Å²) in [6, 6.07) is 17.5. The van der Waals surface area contributed by atoms with E-state index >= 15 is 0 Å². The van der Waals surface area contributed by atoms with E-state index in [2.05, 4.69) is 45.9 Å². The van der Waals surface area contributed by atoms with Gasteiger partial charge in [0.1, 0.15) is 11.6 Å². The Morgan fingerprint density at radius 1 is 0.829 bits per heavy atom. The van der Waals surface area contributed by atoms with Crippen LogP contribution in [0.4, 0.5) is 11.8 Å². The van der Waals surface area contributed by atoms with E-state index in [0.717, 1.165) is 39.6 Å². The average molecular weight is 469 g/mol. The lowest BCUT2D eigenvalue weighted by atomic mass is 10.1. The number of fused-ring (bicyclic) bond motifs is 1. The molecule has 4 aromatic rings. The Labute approximate surface area is 206 Å². The molecule has 35 heavy (non-hydrogen) atoms. The zero-order chi connectivity index (χ0) is 23.6. The second-order valence-corrected chi connectivity index (χ2v) is 9.70. The van der Waals surface area contributed by atoms with Crippen LogP contribution in [0.15, 0.2) is 54.7 Å². The molecule has 2 aliphatic rings. The van der Waals surface area contributed by atoms with Crippen LogP contribution >= 0.6 is 0 Å². The molecule has 0 atom stereocenters. The topological polar surface area (TPSA) is 76.4 Å². The van der Waals surface area contributed by atoms with Gasteiger partial charge in [0.25, 0.3) is 0 Å². The summed E-state index contributed by atoms with van der Waals surface area (Å²) in [5.41, 5.74) is 4.96. The maximum atomic E-state index is 5.34. The molecule has 2 aliphatic carbocycles. The second-order valence-electron chi connectivity index (χ2n) is 9.70. The number of anilines is 2. The lowest BCUT2D eigenvalue weighted by molar-refractivity contribution is 0.415. The maximum Gasteiger partial charge on any atom is 0.223 e. The Morgan fingerprint density at radius 3 is 2.26 bits per heavy atom. The van der Waals surface area contributed by atoms with Gasteiger partial charge in [0.15, 0.2) is 0 Å². The molecule has 0 saturated heterocycles. The van der Waals surface area contributed by atoms with E-state index in [0.29, 0.717) is 18.0 Å². The number of ether oxygens (including phenoxy) is 1. The predicted octanol–water partition coefficient (Wildman–Crippen LogP) is 6.18. The van der Waals surface area contributed by atoms with Crippen molar-refractivity contribution in [1.29, 1.82) is 0 Å². The molecule has 3 heterocycles. The predicted molar refractivity (Wildman–Crippen MR) is 140 cm³/mol. The van der Waals surface area contributed by atoms with Gasteiger partial charge in [-0.15, -0.1) is 0 Å². The largest absolute Gasteiger partial charge is 0.497 e. The van der Waals surface area contributed by atoms with Crippen molar-refractivity contribution >= 4 is 17.3 Å². The molecule has 0 bridgehead atoms. The van der Waals surface area contributed by atoms with Gasteiger partial charge in [-0.2, -0.15) is 5.10 Å². The molecule has 0 radical (unpaired) electrons. The smallest absolute Gasteiger partial charge is 0.223 e. The van der Waals surface area contributed by atoms with Gasteiger partial charge in [-0.3, -0.25) is 0 Å². The van der Waals surface area contributed by atoms with Gasteiger partial charge in [-0.25, -0.2) is 14.5 Å². The number of nitrogens with zero attached hydrogens (tertiary/aromatic N) is 4. The Morgan fingerprint density at radius 2 is 1.54 bits per heavy atom. The van der Waals surface area contributed by atoms with Crippen LogP contribution in [-0.4, -0.2) is 38.8 Å². The van der Waals surface area contributed by atoms with Crippen LogP contribution in [0.1, 0.15) is 51.4 Å². The zero-order valence-electron chi connectivity index (χ0n) is 20.2. The van der Waals surface area contributed by atoms with E-state index in [1.165, 1.54) is 51.4 Å². The fraction of sp³-hybridized carbons (Fsp3) is 0.393. The first-order valence-electron chi connectivity index (χ1n) is 12.8. The molecular formula is C28H32N6O. The number of pyridine rings is 1. The number of methoxy groups -OCH3 is 1. The molecule has 1 aromatic carbocycles. The molecule has 2 fully saturated rings. The number of hydrogen-bond acceptors (Lipinski definition) is 6. The van der Waals surface area contributed by atoms with Gasteiger partial charge >= 0.3 is 0 Å². The molecular weight excluding hydrogens is 436 g/mol. The first kappa shape index (κ1) is 21.9. The molecule has 0 unspecified atom stereocenters. The number of aromatic nitrogens is 4. The van der Waals surface area contributed by atoms with E-state index < -0.39 is 0 Å². The van der Waals surface area contributed by atoms with Crippen molar-refractivity contribution in [3.8, 4) is 28.3 Å². The average Bonchev–Trinajstić information content (AvgIpc) is 3.67. The highest BCUT2D eigenvalue weighted by Crippen LogP contribution is 2.32. The van der Waals surface area contributed by atoms with Crippen molar-refractivity contribution in [2.75, 3.05) is 17.7 Å². The van der Waals surface area contributed by atoms with E-state index in [4.69, 9.17) is 14.8 Å². The molecule has 2 saturated carbocycles. The molecule has 6 rings (SSSR count). The Bertz CT molecular complexity index is 1300. The molecule has 0 spiro atoms. The number of rotatable bonds is 7. The Kier molecular flexibility index (Phi) is 5.98. The zero-order valence-corrected chi connectivity index (χ0v) is 20.2. The summed E-state index contributed by atoms with van der Waals surface area (Å²) < 4.78 is 7.38. The fourth-order valence-electron chi connectivity index (χ4n) is 5.41. The number of nitrogens with one attached hydrogen (secondary N) is 2. The van der Waals surface area contributed by atoms with E-state index in [1.54, 1.807) is 7.11 Å². The van der Waals surface area contributed by atoms with E-state index in [9.17, 15) is 0 Å². The Hall–Kier alpha value is -3.61. The summed E-state index contributed by atoms with van der Waals surface area (Å²) in [5.74, 6) is 2.56. The summed E-state index contributed by atoms with van der Waals surface area (Å²) >= 11 is 0. The monoisotopic (exact) mass is 468 g/mol. The van der Waals surface area contributed by atoms with Crippen LogP contribution in [0, 0.1) is 0 Å². The second kappa shape index (κ2) is 9.56. The highest BCUT2D eigenvalue weighted by atomic mass is 16.5. The van der Waals surface area contributed by atoms with Crippen molar-refractivity contribution in [2.45, 2.75) is 63.5 Å². The van der Waals surface area contributed by atoms with Gasteiger partial charge in [0.05, 0.1) is 24.0 Å². The third kappa shape index (κ3) is 4.55. The fourth-order valence-corrected chi connectivity index (χ4v) is 5.41. The van der Waals surface area contributed by atoms with E-state index in [-0.39, 0.29) is 0 Å². The van der Waals surface area contributed by atoms with Crippen molar-refractivity contribution < 1.29 is 4.74 Å². The third-order valence-corrected chi connectivity index (χ3v) is 7.33. The number of hydrogen-bond donors (Lipinski definition) is 2. The normalized spacial score (nSPS) is 16.7. The van der Waals surface area contributed by atoms with Gasteiger partial charge in [-0.1, -0.05) is 25.7 Å². The maximum absolute atomic E-state index is 5.34. The molecule has 0 amide bonds. The van der Waals surface area contributed by atoms with Gasteiger partial charge < -0.3 is 15.4 Å². The summed E-state index contributed by atoms with van der Waals surface area (Å²) in [5, 5.41) is 12.3. The number of benzene rings is 1. The first-order chi connectivity index (χ1) is 17.3. The van der Waals surface area contributed by atoms with Crippen molar-refractivity contribution in [2.24, 2.45) is 0 Å². The summed E-state index contributed by atoms with van der Waals surface area (Å²) in [4.78, 5) is 9.39. The molecule has 3 aromatic heterocycles. The molecule has 180 valence electrons. The van der Waals surface area contributed by atoms with Gasteiger partial charge in [-0.05, 0) is 74.2 Å². The summed E-state index contributed by atoms with van der Waals surface area (Å²) in [6.07, 6.45) is 11.8. The third-order valence-electron chi connectivity index (χ3n) is 7.33. The first-order valence-corrected chi connectivity index (χ1v) is 12.8. The van der Waals surface area contributed by atoms with E-state index in [1.807, 2.05) is 28.9 Å². The lowest BCUT2D eigenvalue weighted by Crippen LogP contribution is -2.17. The van der Waals surface area contributed by atoms with Crippen molar-refractivity contribution in [3.63, 3.8) is 0 Å². The highest BCUT2D eigenvalue weighted by Gasteiger charge is 2.20. The van der Waals surface area contributed by atoms with Crippen LogP contribution in [0.3, 0.4) is 0 Å². The Balaban J connectivity index is 1.41. The van der Waals surface area contributed by atoms with Crippen LogP contribution in [0.2, 0.25) is 0 Å². The van der Waals surface area contributed by atoms with Crippen LogP contribution in [-0.2, 0) is 0 Å². The molecule has 7 nitrogen and oxygen atoms in total. The van der Waals surface area contributed by atoms with Crippen molar-refractivity contribution in [1.82, 2.24) is 19.6 Å². The lowest BCUT2D eigenvalue weighted by Gasteiger charge is -2.16. The molecule has 7 heteroatoms. The van der Waals surface area contributed by atoms with Crippen molar-refractivity contribution in [3.05, 3.63) is 54.7 Å². The van der Waals surface area contributed by atoms with Gasteiger partial charge in [0.2, 0.25) is 5.95 Å². The standard InChI is InChI=1S/C28H32N6O/c1-35-22-12-10-19(11-13-22)25-18-26-23(14-15-27(34(26)33-25)30-20-6-2-3-7-20)24-16-17-29-28(32-24)31-21-8-4-5-9-21/h10-18,20-21,30H,2-9H2,1H3,(H,29,31,32).